The average Bonchev–Trinajstić information content (AvgIpc) is 2.15. The molecule has 0 saturated heterocycles. The third-order valence-electron chi connectivity index (χ3n) is 1.54. The maximum atomic E-state index is 10.9. The second kappa shape index (κ2) is 5.86. The number of carboxylic acid groups (broad SMARTS) is 1. The van der Waals surface area contributed by atoms with Gasteiger partial charge in [-0.15, -0.1) is 6.07 Å². The first kappa shape index (κ1) is 16.4. The van der Waals surface area contributed by atoms with Crippen LogP contribution in [0, 0.1) is 16.2 Å². The van der Waals surface area contributed by atoms with E-state index in [4.69, 9.17) is 15.8 Å². The smallest absolute Gasteiger partial charge is 0.311 e. The minimum Gasteiger partial charge on any atom is -0.479 e. The molecule has 17 heavy (non-hydrogen) atoms. The van der Waals surface area contributed by atoms with Crippen LogP contribution in [0.3, 0.4) is 0 Å². The van der Waals surface area contributed by atoms with E-state index in [9.17, 15) is 23.3 Å². The van der Waals surface area contributed by atoms with Crippen LogP contribution < -0.4 is 0 Å². The molecule has 7 nitrogen and oxygen atoms in total. The first-order valence-corrected chi connectivity index (χ1v) is 5.92. The summed E-state index contributed by atoms with van der Waals surface area (Å²) in [6, 6.07) is 3.28. The van der Waals surface area contributed by atoms with Gasteiger partial charge in [-0.25, -0.2) is 13.2 Å². The summed E-state index contributed by atoms with van der Waals surface area (Å²) in [5, 5.41) is 19.0. The molecule has 1 aromatic rings. The first-order valence-electron chi connectivity index (χ1n) is 3.61. The van der Waals surface area contributed by atoms with Crippen LogP contribution in [0.2, 0.25) is 0 Å². The summed E-state index contributed by atoms with van der Waals surface area (Å²) in [6.45, 7) is 0. The van der Waals surface area contributed by atoms with E-state index in [-0.39, 0.29) is 32.7 Å². The van der Waals surface area contributed by atoms with Crippen LogP contribution in [0.15, 0.2) is 17.0 Å². The number of hydrogen-bond acceptors (Lipinski definition) is 5. The zero-order chi connectivity index (χ0) is 12.5. The largest absolute Gasteiger partial charge is 0.479 e. The minimum atomic E-state index is -4.27. The number of hydrogen-bond donors (Lipinski definition) is 1. The molecule has 0 heterocycles. The van der Waals surface area contributed by atoms with Gasteiger partial charge in [0.05, 0.1) is 0 Å². The number of aromatic carboxylic acids is 1. The van der Waals surface area contributed by atoms with Gasteiger partial charge in [0.15, 0.2) is 5.69 Å². The van der Waals surface area contributed by atoms with Gasteiger partial charge in [0.1, 0.15) is 0 Å². The molecule has 0 unspecified atom stereocenters. The van der Waals surface area contributed by atoms with E-state index in [2.05, 4.69) is 0 Å². The van der Waals surface area contributed by atoms with Gasteiger partial charge in [0, 0.05) is 48.3 Å². The Bertz CT molecular complexity index is 539. The Morgan fingerprint density at radius 1 is 1.47 bits per heavy atom. The molecule has 0 aliphatic carbocycles. The number of halogens is 1. The predicted molar refractivity (Wildman–Crippen MR) is 51.9 cm³/mol. The van der Waals surface area contributed by atoms with Crippen molar-refractivity contribution in [2.24, 2.45) is 0 Å². The Morgan fingerprint density at radius 2 is 2.00 bits per heavy atom. The van der Waals surface area contributed by atoms with Crippen molar-refractivity contribution in [2.75, 3.05) is 0 Å². The number of non-ortho nitro benzene ring substituents is 1. The minimum absolute atomic E-state index is 0. The Labute approximate surface area is 125 Å². The summed E-state index contributed by atoms with van der Waals surface area (Å²) in [5.41, 5.74) is -1.33. The molecule has 0 saturated carbocycles. The number of benzene rings is 1. The fraction of sp³-hybridized carbons (Fsp3) is 0. The van der Waals surface area contributed by atoms with E-state index in [1.807, 2.05) is 6.07 Å². The second-order valence-corrected chi connectivity index (χ2v) is 5.15. The monoisotopic (exact) mass is 353 g/mol. The Kier molecular flexibility index (Phi) is 5.66. The van der Waals surface area contributed by atoms with Crippen molar-refractivity contribution in [3.8, 4) is 0 Å². The molecule has 0 aromatic heterocycles. The number of rotatable bonds is 3. The molecular weight excluding hydrogens is 351 g/mol. The molecule has 89 valence electrons. The Balaban J connectivity index is 0.00000256. The van der Waals surface area contributed by atoms with Gasteiger partial charge in [-0.05, 0) is 10.5 Å². The normalized spacial score (nSPS) is 10.4. The summed E-state index contributed by atoms with van der Waals surface area (Å²) < 4.78 is 21.8. The molecule has 1 radical (unpaired) electrons. The van der Waals surface area contributed by atoms with Gasteiger partial charge in [-0.1, -0.05) is 12.1 Å². The van der Waals surface area contributed by atoms with E-state index >= 15 is 0 Å². The zero-order valence-corrected chi connectivity index (χ0v) is 12.4. The van der Waals surface area contributed by atoms with Gasteiger partial charge in [-0.2, -0.15) is 0 Å². The van der Waals surface area contributed by atoms with Gasteiger partial charge in [0.2, 0.25) is 9.05 Å². The fourth-order valence-electron chi connectivity index (χ4n) is 0.882. The Morgan fingerprint density at radius 3 is 2.35 bits per heavy atom. The molecule has 0 bridgehead atoms. The Hall–Kier alpha value is -0.566. The van der Waals surface area contributed by atoms with Crippen LogP contribution >= 0.6 is 10.7 Å². The molecule has 1 rings (SSSR count). The van der Waals surface area contributed by atoms with Crippen LogP contribution in [0.25, 0.3) is 0 Å². The SMILES string of the molecule is O=C(O)c1cc([N+](=O)[O-])[c-]c(S(=O)(=O)Cl)c1.[Y]. The quantitative estimate of drug-likeness (QED) is 0.375. The molecule has 0 fully saturated rings. The van der Waals surface area contributed by atoms with Gasteiger partial charge >= 0.3 is 5.97 Å². The van der Waals surface area contributed by atoms with Crippen molar-refractivity contribution in [2.45, 2.75) is 4.90 Å². The topological polar surface area (TPSA) is 115 Å². The maximum Gasteiger partial charge on any atom is 0.311 e. The van der Waals surface area contributed by atoms with Crippen molar-refractivity contribution in [1.82, 2.24) is 0 Å². The van der Waals surface area contributed by atoms with Gasteiger partial charge in [0.25, 0.3) is 0 Å². The number of nitro groups is 1. The number of nitrogens with zero attached hydrogens (tertiary/aromatic N) is 1. The molecule has 0 amide bonds. The molecule has 0 atom stereocenters. The summed E-state index contributed by atoms with van der Waals surface area (Å²) >= 11 is 0. The third-order valence-corrected chi connectivity index (χ3v) is 2.78. The van der Waals surface area contributed by atoms with Gasteiger partial charge in [-0.3, -0.25) is 10.1 Å². The molecule has 10 heteroatoms. The molecule has 1 N–H and O–H groups in total. The molecule has 0 spiro atoms. The van der Waals surface area contributed by atoms with Crippen molar-refractivity contribution >= 4 is 31.4 Å². The van der Waals surface area contributed by atoms with Crippen LogP contribution in [0.5, 0.6) is 0 Å². The van der Waals surface area contributed by atoms with Gasteiger partial charge < -0.3 is 5.11 Å². The van der Waals surface area contributed by atoms with E-state index in [0.29, 0.717) is 12.1 Å². The standard InChI is InChI=1S/C7H3ClNO6S.Y/c8-16(14,15)6-2-4(7(10)11)1-5(3-6)9(12)13;/h1-2H,(H,10,11);/q-1;. The van der Waals surface area contributed by atoms with Crippen molar-refractivity contribution in [1.29, 1.82) is 0 Å². The van der Waals surface area contributed by atoms with E-state index < -0.39 is 36.1 Å². The van der Waals surface area contributed by atoms with Crippen LogP contribution in [0.1, 0.15) is 10.4 Å². The van der Waals surface area contributed by atoms with Crippen LogP contribution in [-0.4, -0.2) is 24.4 Å². The third kappa shape index (κ3) is 4.31. The number of nitro benzene ring substituents is 1. The maximum absolute atomic E-state index is 10.9. The number of carbonyl (C=O) groups is 1. The van der Waals surface area contributed by atoms with Crippen molar-refractivity contribution in [3.63, 3.8) is 0 Å². The summed E-state index contributed by atoms with van der Waals surface area (Å²) in [7, 11) is 0.671. The fourth-order valence-corrected chi connectivity index (χ4v) is 1.63. The van der Waals surface area contributed by atoms with E-state index in [1.54, 1.807) is 0 Å². The summed E-state index contributed by atoms with van der Waals surface area (Å²) in [6.07, 6.45) is 0. The summed E-state index contributed by atoms with van der Waals surface area (Å²) in [4.78, 5) is 19.3. The molecule has 1 aromatic carbocycles. The van der Waals surface area contributed by atoms with Crippen molar-refractivity contribution < 1.29 is 56.0 Å². The predicted octanol–water partition coefficient (Wildman–Crippen LogP) is 1.02. The average molecular weight is 354 g/mol. The van der Waals surface area contributed by atoms with Crippen molar-refractivity contribution in [3.05, 3.63) is 33.9 Å². The first-order chi connectivity index (χ1) is 7.21. The molecular formula is C7H3ClNO6SY-. The molecule has 0 aliphatic rings. The molecule has 0 aliphatic heterocycles. The van der Waals surface area contributed by atoms with E-state index in [1.165, 1.54) is 0 Å². The number of carboxylic acids is 1. The van der Waals surface area contributed by atoms with Crippen LogP contribution in [-0.2, 0) is 41.8 Å². The zero-order valence-electron chi connectivity index (χ0n) is 7.95. The van der Waals surface area contributed by atoms with E-state index in [0.717, 1.165) is 0 Å². The summed E-state index contributed by atoms with van der Waals surface area (Å²) in [5.74, 6) is -1.50. The second-order valence-electron chi connectivity index (χ2n) is 2.62. The van der Waals surface area contributed by atoms with Crippen LogP contribution in [0.4, 0.5) is 5.69 Å².